The number of aryl methyl sites for hydroxylation is 2. The molecule has 2 atom stereocenters. The molecule has 1 aliphatic heterocycles. The fraction of sp³-hybridized carbons (Fsp3) is 0.444. The summed E-state index contributed by atoms with van der Waals surface area (Å²) in [4.78, 5) is 4.48. The minimum absolute atomic E-state index is 0.149. The third-order valence-corrected chi connectivity index (χ3v) is 4.73. The molecule has 24 heavy (non-hydrogen) atoms. The van der Waals surface area contributed by atoms with Crippen molar-refractivity contribution in [3.05, 3.63) is 53.7 Å². The highest BCUT2D eigenvalue weighted by Crippen LogP contribution is 2.33. The molecule has 0 spiro atoms. The summed E-state index contributed by atoms with van der Waals surface area (Å²) in [6.07, 6.45) is 9.23. The van der Waals surface area contributed by atoms with Crippen LogP contribution in [0.15, 0.2) is 36.9 Å². The second kappa shape index (κ2) is 6.37. The van der Waals surface area contributed by atoms with Crippen LogP contribution in [0, 0.1) is 12.8 Å². The van der Waals surface area contributed by atoms with Gasteiger partial charge in [0.15, 0.2) is 0 Å². The Morgan fingerprint density at radius 2 is 2.29 bits per heavy atom. The molecule has 3 aromatic heterocycles. The van der Waals surface area contributed by atoms with E-state index in [4.69, 9.17) is 4.74 Å². The van der Waals surface area contributed by atoms with Gasteiger partial charge in [0.1, 0.15) is 5.65 Å². The lowest BCUT2D eigenvalue weighted by Gasteiger charge is -2.17. The van der Waals surface area contributed by atoms with Crippen molar-refractivity contribution in [2.24, 2.45) is 13.0 Å². The molecule has 0 radical (unpaired) electrons. The Labute approximate surface area is 141 Å². The van der Waals surface area contributed by atoms with Crippen molar-refractivity contribution in [2.45, 2.75) is 26.0 Å². The van der Waals surface area contributed by atoms with Crippen LogP contribution in [0.4, 0.5) is 0 Å². The van der Waals surface area contributed by atoms with Crippen LogP contribution in [-0.2, 0) is 18.3 Å². The van der Waals surface area contributed by atoms with Crippen LogP contribution in [0.3, 0.4) is 0 Å². The lowest BCUT2D eigenvalue weighted by atomic mass is 9.97. The highest BCUT2D eigenvalue weighted by atomic mass is 16.5. The molecule has 0 unspecified atom stereocenters. The molecule has 4 rings (SSSR count). The Morgan fingerprint density at radius 3 is 3.12 bits per heavy atom. The number of hydrogen-bond donors (Lipinski definition) is 1. The number of aromatic nitrogens is 4. The molecule has 0 aromatic carbocycles. The molecular weight excluding hydrogens is 302 g/mol. The van der Waals surface area contributed by atoms with Gasteiger partial charge >= 0.3 is 0 Å². The van der Waals surface area contributed by atoms with Crippen LogP contribution in [0.2, 0.25) is 0 Å². The summed E-state index contributed by atoms with van der Waals surface area (Å²) in [6.45, 7) is 4.64. The van der Waals surface area contributed by atoms with Gasteiger partial charge in [-0.15, -0.1) is 0 Å². The number of pyridine rings is 1. The monoisotopic (exact) mass is 325 g/mol. The lowest BCUT2D eigenvalue weighted by molar-refractivity contribution is 0.0903. The first-order valence-corrected chi connectivity index (χ1v) is 8.44. The molecule has 1 N–H and O–H groups in total. The molecule has 6 nitrogen and oxygen atoms in total. The second-order valence-electron chi connectivity index (χ2n) is 6.60. The molecule has 0 saturated carbocycles. The van der Waals surface area contributed by atoms with E-state index in [1.807, 2.05) is 24.1 Å². The molecule has 1 saturated heterocycles. The van der Waals surface area contributed by atoms with E-state index >= 15 is 0 Å². The first kappa shape index (κ1) is 15.4. The number of fused-ring (bicyclic) bond motifs is 1. The minimum atomic E-state index is 0.149. The Kier molecular flexibility index (Phi) is 4.08. The summed E-state index contributed by atoms with van der Waals surface area (Å²) < 4.78 is 9.90. The van der Waals surface area contributed by atoms with E-state index in [-0.39, 0.29) is 6.10 Å². The van der Waals surface area contributed by atoms with Gasteiger partial charge in [0, 0.05) is 50.6 Å². The van der Waals surface area contributed by atoms with Crippen molar-refractivity contribution in [3.63, 3.8) is 0 Å². The van der Waals surface area contributed by atoms with Crippen LogP contribution in [0.1, 0.15) is 29.3 Å². The Bertz CT molecular complexity index is 837. The average molecular weight is 325 g/mol. The summed E-state index contributed by atoms with van der Waals surface area (Å²) in [7, 11) is 1.94. The van der Waals surface area contributed by atoms with Crippen LogP contribution in [0.25, 0.3) is 5.65 Å². The smallest absolute Gasteiger partial charge is 0.137 e. The zero-order chi connectivity index (χ0) is 16.5. The highest BCUT2D eigenvalue weighted by Gasteiger charge is 2.30. The van der Waals surface area contributed by atoms with Crippen LogP contribution < -0.4 is 5.32 Å². The van der Waals surface area contributed by atoms with Crippen LogP contribution >= 0.6 is 0 Å². The van der Waals surface area contributed by atoms with Crippen molar-refractivity contribution >= 4 is 5.65 Å². The van der Waals surface area contributed by atoms with Crippen molar-refractivity contribution in [1.82, 2.24) is 24.5 Å². The third-order valence-electron chi connectivity index (χ3n) is 4.73. The fourth-order valence-corrected chi connectivity index (χ4v) is 3.45. The predicted octanol–water partition coefficient (Wildman–Crippen LogP) is 2.24. The van der Waals surface area contributed by atoms with Gasteiger partial charge < -0.3 is 14.5 Å². The van der Waals surface area contributed by atoms with Crippen LogP contribution in [-0.4, -0.2) is 32.3 Å². The third kappa shape index (κ3) is 2.95. The lowest BCUT2D eigenvalue weighted by Crippen LogP contribution is -2.25. The number of rotatable bonds is 5. The molecule has 0 aliphatic carbocycles. The standard InChI is InChI=1S/C18H23N5O/c1-13-3-5-23-16(11-20-17(23)7-13)10-19-8-14-4-6-24-18(14)15-9-21-22(2)12-15/h3,5,7,9,11-12,14,18-19H,4,6,8,10H2,1-2H3/t14-,18+/m0/s1. The zero-order valence-electron chi connectivity index (χ0n) is 14.1. The molecule has 6 heteroatoms. The van der Waals surface area contributed by atoms with Gasteiger partial charge in [-0.25, -0.2) is 4.98 Å². The average Bonchev–Trinajstić information content (AvgIpc) is 3.27. The summed E-state index contributed by atoms with van der Waals surface area (Å²) >= 11 is 0. The van der Waals surface area contributed by atoms with E-state index in [1.165, 1.54) is 16.8 Å². The predicted molar refractivity (Wildman–Crippen MR) is 91.6 cm³/mol. The van der Waals surface area contributed by atoms with Crippen molar-refractivity contribution in [1.29, 1.82) is 0 Å². The number of ether oxygens (including phenoxy) is 1. The van der Waals surface area contributed by atoms with Gasteiger partial charge in [-0.2, -0.15) is 5.10 Å². The Morgan fingerprint density at radius 1 is 1.38 bits per heavy atom. The molecule has 1 fully saturated rings. The summed E-state index contributed by atoms with van der Waals surface area (Å²) in [5, 5.41) is 7.84. The normalized spacial score (nSPS) is 20.9. The van der Waals surface area contributed by atoms with E-state index in [2.05, 4.69) is 51.3 Å². The maximum atomic E-state index is 5.93. The van der Waals surface area contributed by atoms with Gasteiger partial charge in [-0.1, -0.05) is 0 Å². The van der Waals surface area contributed by atoms with Gasteiger partial charge in [-0.3, -0.25) is 4.68 Å². The molecule has 0 amide bonds. The molecule has 3 aromatic rings. The van der Waals surface area contributed by atoms with Crippen LogP contribution in [0.5, 0.6) is 0 Å². The number of hydrogen-bond acceptors (Lipinski definition) is 4. The van der Waals surface area contributed by atoms with E-state index in [0.717, 1.165) is 31.8 Å². The minimum Gasteiger partial charge on any atom is -0.373 e. The summed E-state index contributed by atoms with van der Waals surface area (Å²) in [6, 6.07) is 4.22. The summed E-state index contributed by atoms with van der Waals surface area (Å²) in [5.41, 5.74) is 4.59. The molecule has 1 aliphatic rings. The molecular formula is C18H23N5O. The Balaban J connectivity index is 1.39. The maximum Gasteiger partial charge on any atom is 0.137 e. The largest absolute Gasteiger partial charge is 0.373 e. The Hall–Kier alpha value is -2.18. The van der Waals surface area contributed by atoms with Gasteiger partial charge in [0.2, 0.25) is 0 Å². The SMILES string of the molecule is Cc1ccn2c(CNC[C@@H]3CCO[C@H]3c3cnn(C)c3)cnc2c1. The highest BCUT2D eigenvalue weighted by molar-refractivity contribution is 5.42. The first-order chi connectivity index (χ1) is 11.7. The molecule has 0 bridgehead atoms. The fourth-order valence-electron chi connectivity index (χ4n) is 3.45. The van der Waals surface area contributed by atoms with Crippen molar-refractivity contribution in [3.8, 4) is 0 Å². The number of nitrogens with one attached hydrogen (secondary N) is 1. The quantitative estimate of drug-likeness (QED) is 0.782. The van der Waals surface area contributed by atoms with E-state index < -0.39 is 0 Å². The van der Waals surface area contributed by atoms with Gasteiger partial charge in [0.25, 0.3) is 0 Å². The van der Waals surface area contributed by atoms with Crippen molar-refractivity contribution < 1.29 is 4.74 Å². The zero-order valence-corrected chi connectivity index (χ0v) is 14.1. The van der Waals surface area contributed by atoms with E-state index in [9.17, 15) is 0 Å². The van der Waals surface area contributed by atoms with Crippen molar-refractivity contribution in [2.75, 3.05) is 13.2 Å². The topological polar surface area (TPSA) is 56.4 Å². The first-order valence-electron chi connectivity index (χ1n) is 8.44. The maximum absolute atomic E-state index is 5.93. The molecule has 126 valence electrons. The summed E-state index contributed by atoms with van der Waals surface area (Å²) in [5.74, 6) is 0.482. The second-order valence-corrected chi connectivity index (χ2v) is 6.60. The van der Waals surface area contributed by atoms with E-state index in [1.54, 1.807) is 0 Å². The number of imidazole rings is 1. The van der Waals surface area contributed by atoms with Gasteiger partial charge in [-0.05, 0) is 31.0 Å². The number of nitrogens with zero attached hydrogens (tertiary/aromatic N) is 4. The van der Waals surface area contributed by atoms with Gasteiger partial charge in [0.05, 0.1) is 24.2 Å². The molecule has 4 heterocycles. The van der Waals surface area contributed by atoms with E-state index in [0.29, 0.717) is 5.92 Å².